The van der Waals surface area contributed by atoms with Gasteiger partial charge < -0.3 is 19.5 Å². The SMILES string of the molecule is CCn1nnnc1COc1ccc(C(=O)NCc2ccc3c(c2)OCO3)cc1. The van der Waals surface area contributed by atoms with Gasteiger partial charge in [-0.15, -0.1) is 5.10 Å². The lowest BCUT2D eigenvalue weighted by Gasteiger charge is -2.08. The lowest BCUT2D eigenvalue weighted by atomic mass is 10.1. The van der Waals surface area contributed by atoms with Gasteiger partial charge in [-0.25, -0.2) is 4.68 Å². The molecule has 144 valence electrons. The van der Waals surface area contributed by atoms with Crippen LogP contribution >= 0.6 is 0 Å². The summed E-state index contributed by atoms with van der Waals surface area (Å²) in [7, 11) is 0. The summed E-state index contributed by atoms with van der Waals surface area (Å²) in [4.78, 5) is 12.4. The second-order valence-corrected chi connectivity index (χ2v) is 6.09. The van der Waals surface area contributed by atoms with Crippen LogP contribution in [0.15, 0.2) is 42.5 Å². The van der Waals surface area contributed by atoms with Crippen LogP contribution in [-0.2, 0) is 19.7 Å². The maximum atomic E-state index is 12.4. The second kappa shape index (κ2) is 7.95. The number of tetrazole rings is 1. The summed E-state index contributed by atoms with van der Waals surface area (Å²) in [6.45, 7) is 3.52. The molecule has 0 atom stereocenters. The Bertz CT molecular complexity index is 971. The fourth-order valence-electron chi connectivity index (χ4n) is 2.76. The molecule has 1 aliphatic rings. The molecule has 4 rings (SSSR count). The molecule has 28 heavy (non-hydrogen) atoms. The van der Waals surface area contributed by atoms with Crippen molar-refractivity contribution in [3.8, 4) is 17.2 Å². The Labute approximate surface area is 161 Å². The molecule has 9 heteroatoms. The third-order valence-corrected chi connectivity index (χ3v) is 4.28. The summed E-state index contributed by atoms with van der Waals surface area (Å²) in [5.74, 6) is 2.53. The van der Waals surface area contributed by atoms with E-state index in [1.54, 1.807) is 28.9 Å². The Kier molecular flexibility index (Phi) is 5.05. The zero-order valence-electron chi connectivity index (χ0n) is 15.3. The van der Waals surface area contributed by atoms with Crippen molar-refractivity contribution >= 4 is 5.91 Å². The topological polar surface area (TPSA) is 100 Å². The van der Waals surface area contributed by atoms with Crippen LogP contribution in [0.1, 0.15) is 28.7 Å². The van der Waals surface area contributed by atoms with E-state index in [1.165, 1.54) is 0 Å². The summed E-state index contributed by atoms with van der Waals surface area (Å²) in [6, 6.07) is 12.5. The van der Waals surface area contributed by atoms with Crippen LogP contribution in [0.5, 0.6) is 17.2 Å². The number of ether oxygens (including phenoxy) is 3. The quantitative estimate of drug-likeness (QED) is 0.667. The van der Waals surface area contributed by atoms with E-state index in [4.69, 9.17) is 14.2 Å². The molecular weight excluding hydrogens is 362 g/mol. The van der Waals surface area contributed by atoms with Crippen molar-refractivity contribution in [3.63, 3.8) is 0 Å². The van der Waals surface area contributed by atoms with Gasteiger partial charge in [0.15, 0.2) is 17.3 Å². The molecule has 0 aliphatic carbocycles. The molecule has 2 heterocycles. The number of aromatic nitrogens is 4. The predicted molar refractivity (Wildman–Crippen MR) is 98.0 cm³/mol. The van der Waals surface area contributed by atoms with Crippen molar-refractivity contribution < 1.29 is 19.0 Å². The summed E-state index contributed by atoms with van der Waals surface area (Å²) in [6.07, 6.45) is 0. The van der Waals surface area contributed by atoms with Crippen molar-refractivity contribution in [2.75, 3.05) is 6.79 Å². The van der Waals surface area contributed by atoms with E-state index in [0.717, 1.165) is 11.3 Å². The molecule has 3 aromatic rings. The Hall–Kier alpha value is -3.62. The molecule has 1 aliphatic heterocycles. The Morgan fingerprint density at radius 3 is 2.82 bits per heavy atom. The molecule has 0 spiro atoms. The van der Waals surface area contributed by atoms with Gasteiger partial charge in [-0.3, -0.25) is 4.79 Å². The minimum absolute atomic E-state index is 0.167. The number of fused-ring (bicyclic) bond motifs is 1. The smallest absolute Gasteiger partial charge is 0.251 e. The van der Waals surface area contributed by atoms with Gasteiger partial charge in [-0.1, -0.05) is 6.07 Å². The molecule has 1 aromatic heterocycles. The number of hydrogen-bond donors (Lipinski definition) is 1. The van der Waals surface area contributed by atoms with E-state index in [9.17, 15) is 4.79 Å². The molecule has 1 amide bonds. The first kappa shape index (κ1) is 17.8. The highest BCUT2D eigenvalue weighted by Gasteiger charge is 2.14. The fraction of sp³-hybridized carbons (Fsp3) is 0.263. The minimum atomic E-state index is -0.167. The highest BCUT2D eigenvalue weighted by molar-refractivity contribution is 5.94. The predicted octanol–water partition coefficient (Wildman–Crippen LogP) is 1.93. The van der Waals surface area contributed by atoms with Gasteiger partial charge >= 0.3 is 0 Å². The maximum Gasteiger partial charge on any atom is 0.251 e. The Balaban J connectivity index is 1.31. The van der Waals surface area contributed by atoms with Gasteiger partial charge in [0.05, 0.1) is 0 Å². The molecule has 0 saturated heterocycles. The molecule has 0 radical (unpaired) electrons. The van der Waals surface area contributed by atoms with Crippen LogP contribution in [0, 0.1) is 0 Å². The fourth-order valence-corrected chi connectivity index (χ4v) is 2.76. The molecule has 2 aromatic carbocycles. The molecule has 0 saturated carbocycles. The van der Waals surface area contributed by atoms with Gasteiger partial charge in [0.25, 0.3) is 5.91 Å². The van der Waals surface area contributed by atoms with Gasteiger partial charge in [-0.2, -0.15) is 0 Å². The van der Waals surface area contributed by atoms with Gasteiger partial charge in [-0.05, 0) is 59.3 Å². The van der Waals surface area contributed by atoms with Crippen molar-refractivity contribution in [3.05, 3.63) is 59.4 Å². The van der Waals surface area contributed by atoms with Crippen LogP contribution in [0.3, 0.4) is 0 Å². The van der Waals surface area contributed by atoms with E-state index >= 15 is 0 Å². The molecule has 9 nitrogen and oxygen atoms in total. The standard InChI is InChI=1S/C19H19N5O4/c1-2-24-18(21-22-23-24)11-26-15-6-4-14(5-7-15)19(25)20-10-13-3-8-16-17(9-13)28-12-27-16/h3-9H,2,10-12H2,1H3,(H,20,25). The summed E-state index contributed by atoms with van der Waals surface area (Å²) in [5, 5.41) is 14.3. The summed E-state index contributed by atoms with van der Waals surface area (Å²) >= 11 is 0. The number of hydrogen-bond acceptors (Lipinski definition) is 7. The zero-order valence-corrected chi connectivity index (χ0v) is 15.3. The lowest BCUT2D eigenvalue weighted by Crippen LogP contribution is -2.22. The van der Waals surface area contributed by atoms with Crippen molar-refractivity contribution in [2.24, 2.45) is 0 Å². The van der Waals surface area contributed by atoms with Crippen molar-refractivity contribution in [1.29, 1.82) is 0 Å². The van der Waals surface area contributed by atoms with E-state index in [2.05, 4.69) is 20.8 Å². The average molecular weight is 381 g/mol. The number of nitrogens with one attached hydrogen (secondary N) is 1. The van der Waals surface area contributed by atoms with E-state index in [-0.39, 0.29) is 19.3 Å². The van der Waals surface area contributed by atoms with Crippen molar-refractivity contribution in [2.45, 2.75) is 26.6 Å². The van der Waals surface area contributed by atoms with Gasteiger partial charge in [0.1, 0.15) is 12.4 Å². The average Bonchev–Trinajstić information content (AvgIpc) is 3.39. The van der Waals surface area contributed by atoms with Crippen LogP contribution in [0.25, 0.3) is 0 Å². The molecule has 0 unspecified atom stereocenters. The number of aryl methyl sites for hydroxylation is 1. The molecule has 1 N–H and O–H groups in total. The largest absolute Gasteiger partial charge is 0.486 e. The Morgan fingerprint density at radius 2 is 2.00 bits per heavy atom. The third kappa shape index (κ3) is 3.88. The highest BCUT2D eigenvalue weighted by Crippen LogP contribution is 2.32. The molecule has 0 fully saturated rings. The number of rotatable bonds is 7. The Morgan fingerprint density at radius 1 is 1.18 bits per heavy atom. The monoisotopic (exact) mass is 381 g/mol. The third-order valence-electron chi connectivity index (χ3n) is 4.28. The minimum Gasteiger partial charge on any atom is -0.486 e. The van der Waals surface area contributed by atoms with E-state index < -0.39 is 0 Å². The molecular formula is C19H19N5O4. The first-order valence-corrected chi connectivity index (χ1v) is 8.87. The normalized spacial score (nSPS) is 12.0. The van der Waals surface area contributed by atoms with Crippen LogP contribution in [-0.4, -0.2) is 32.9 Å². The zero-order chi connectivity index (χ0) is 19.3. The van der Waals surface area contributed by atoms with Gasteiger partial charge in [0, 0.05) is 18.7 Å². The maximum absolute atomic E-state index is 12.4. The van der Waals surface area contributed by atoms with Gasteiger partial charge in [0.2, 0.25) is 6.79 Å². The number of benzene rings is 2. The first-order chi connectivity index (χ1) is 13.7. The summed E-state index contributed by atoms with van der Waals surface area (Å²) < 4.78 is 18.0. The van der Waals surface area contributed by atoms with Crippen LogP contribution < -0.4 is 19.5 Å². The van der Waals surface area contributed by atoms with Crippen LogP contribution in [0.4, 0.5) is 0 Å². The number of amides is 1. The summed E-state index contributed by atoms with van der Waals surface area (Å²) in [5.41, 5.74) is 1.48. The number of nitrogens with zero attached hydrogens (tertiary/aromatic N) is 4. The van der Waals surface area contributed by atoms with E-state index in [0.29, 0.717) is 36.0 Å². The lowest BCUT2D eigenvalue weighted by molar-refractivity contribution is 0.0950. The first-order valence-electron chi connectivity index (χ1n) is 8.87. The highest BCUT2D eigenvalue weighted by atomic mass is 16.7. The number of carbonyl (C=O) groups excluding carboxylic acids is 1. The van der Waals surface area contributed by atoms with Crippen LogP contribution in [0.2, 0.25) is 0 Å². The molecule has 0 bridgehead atoms. The van der Waals surface area contributed by atoms with Crippen molar-refractivity contribution in [1.82, 2.24) is 25.5 Å². The second-order valence-electron chi connectivity index (χ2n) is 6.09. The number of carbonyl (C=O) groups is 1. The van der Waals surface area contributed by atoms with E-state index in [1.807, 2.05) is 25.1 Å².